The number of carboxylic acid groups (broad SMARTS) is 1. The summed E-state index contributed by atoms with van der Waals surface area (Å²) in [7, 11) is 0. The number of carbonyl (C=O) groups is 2. The molecule has 0 saturated carbocycles. The third-order valence-corrected chi connectivity index (χ3v) is 4.79. The van der Waals surface area contributed by atoms with E-state index in [1.165, 1.54) is 0 Å². The number of hydrogen-bond donors (Lipinski definition) is 2. The summed E-state index contributed by atoms with van der Waals surface area (Å²) < 4.78 is 0. The third kappa shape index (κ3) is 7.85. The number of rotatable bonds is 7. The Kier molecular flexibility index (Phi) is 8.89. The van der Waals surface area contributed by atoms with Gasteiger partial charge in [-0.1, -0.05) is 24.1 Å². The second-order valence-electron chi connectivity index (χ2n) is 6.18. The van der Waals surface area contributed by atoms with Gasteiger partial charge in [0.2, 0.25) is 5.91 Å². The Bertz CT molecular complexity index is 712. The van der Waals surface area contributed by atoms with Crippen LogP contribution >= 0.6 is 11.8 Å². The number of aromatic nitrogens is 1. The first-order chi connectivity index (χ1) is 13.1. The molecule has 1 fully saturated rings. The largest absolute Gasteiger partial charge is 0.473 e. The van der Waals surface area contributed by atoms with E-state index in [1.54, 1.807) is 17.2 Å². The number of amides is 1. The monoisotopic (exact) mass is 388 g/mol. The molecule has 27 heavy (non-hydrogen) atoms. The van der Waals surface area contributed by atoms with Crippen molar-refractivity contribution in [2.45, 2.75) is 44.2 Å². The lowest BCUT2D eigenvalue weighted by Gasteiger charge is -2.32. The van der Waals surface area contributed by atoms with Crippen LogP contribution in [-0.2, 0) is 11.2 Å². The van der Waals surface area contributed by atoms with E-state index < -0.39 is 11.4 Å². The van der Waals surface area contributed by atoms with Gasteiger partial charge in [-0.25, -0.2) is 4.79 Å². The molecule has 1 aromatic rings. The van der Waals surface area contributed by atoms with Crippen molar-refractivity contribution in [1.82, 2.24) is 9.88 Å². The standard InChI is InChI=1S/C20H24N2O4S/c23-18(15-16-7-2-3-12-21-16)11-10-17-8-6-9-19(24)22(17)13-4-1-5-14-27-20(25)26/h2-3,7,10-12,17-18,23H,5-6,8-9,13-15H2,(H,25,26)/b11-10+/t17-,18?/m1/s1. The molecule has 6 nitrogen and oxygen atoms in total. The SMILES string of the molecule is O=C(O)SCCC#CCN1C(=O)CCC[C@@H]1/C=C/C(O)Cc1ccccn1. The average molecular weight is 388 g/mol. The lowest BCUT2D eigenvalue weighted by molar-refractivity contribution is -0.134. The highest BCUT2D eigenvalue weighted by Gasteiger charge is 2.25. The zero-order valence-electron chi connectivity index (χ0n) is 15.1. The van der Waals surface area contributed by atoms with Gasteiger partial charge in [-0.2, -0.15) is 0 Å². The van der Waals surface area contributed by atoms with Crippen LogP contribution in [0.15, 0.2) is 36.5 Å². The lowest BCUT2D eigenvalue weighted by Crippen LogP contribution is -2.42. The van der Waals surface area contributed by atoms with Crippen molar-refractivity contribution in [2.75, 3.05) is 12.3 Å². The van der Waals surface area contributed by atoms with Crippen LogP contribution in [0.5, 0.6) is 0 Å². The minimum Gasteiger partial charge on any atom is -0.473 e. The van der Waals surface area contributed by atoms with E-state index in [1.807, 2.05) is 24.3 Å². The predicted molar refractivity (Wildman–Crippen MR) is 105 cm³/mol. The number of carbonyl (C=O) groups excluding carboxylic acids is 1. The molecule has 7 heteroatoms. The van der Waals surface area contributed by atoms with Crippen molar-refractivity contribution < 1.29 is 19.8 Å². The summed E-state index contributed by atoms with van der Waals surface area (Å²) in [4.78, 5) is 28.6. The topological polar surface area (TPSA) is 90.7 Å². The highest BCUT2D eigenvalue weighted by Crippen LogP contribution is 2.19. The molecule has 0 aromatic carbocycles. The molecule has 2 rings (SSSR count). The van der Waals surface area contributed by atoms with Crippen LogP contribution in [0.2, 0.25) is 0 Å². The van der Waals surface area contributed by atoms with E-state index in [9.17, 15) is 14.7 Å². The van der Waals surface area contributed by atoms with Gasteiger partial charge in [0, 0.05) is 36.9 Å². The van der Waals surface area contributed by atoms with Gasteiger partial charge in [0.1, 0.15) is 0 Å². The maximum Gasteiger partial charge on any atom is 0.364 e. The number of hydrogen-bond acceptors (Lipinski definition) is 5. The van der Waals surface area contributed by atoms with Crippen molar-refractivity contribution in [2.24, 2.45) is 0 Å². The Morgan fingerprint density at radius 2 is 2.30 bits per heavy atom. The van der Waals surface area contributed by atoms with E-state index in [0.717, 1.165) is 30.3 Å². The number of piperidine rings is 1. The highest BCUT2D eigenvalue weighted by atomic mass is 32.2. The minimum atomic E-state index is -0.905. The van der Waals surface area contributed by atoms with Crippen LogP contribution in [0.1, 0.15) is 31.4 Å². The number of nitrogens with zero attached hydrogens (tertiary/aromatic N) is 2. The summed E-state index contributed by atoms with van der Waals surface area (Å²) in [5, 5.41) is 17.9. The fourth-order valence-electron chi connectivity index (χ4n) is 2.83. The van der Waals surface area contributed by atoms with Gasteiger partial charge < -0.3 is 15.1 Å². The van der Waals surface area contributed by atoms with E-state index in [4.69, 9.17) is 5.11 Å². The quantitative estimate of drug-likeness (QED) is 0.424. The number of likely N-dealkylation sites (tertiary alicyclic amines) is 1. The summed E-state index contributed by atoms with van der Waals surface area (Å²) in [6.07, 6.45) is 7.73. The molecule has 0 spiro atoms. The minimum absolute atomic E-state index is 0.0596. The van der Waals surface area contributed by atoms with E-state index >= 15 is 0 Å². The van der Waals surface area contributed by atoms with Crippen LogP contribution in [0, 0.1) is 11.8 Å². The van der Waals surface area contributed by atoms with E-state index in [0.29, 0.717) is 31.6 Å². The second-order valence-corrected chi connectivity index (χ2v) is 7.22. The van der Waals surface area contributed by atoms with Crippen LogP contribution in [0.3, 0.4) is 0 Å². The summed E-state index contributed by atoms with van der Waals surface area (Å²) in [6.45, 7) is 0.321. The Morgan fingerprint density at radius 1 is 1.44 bits per heavy atom. The van der Waals surface area contributed by atoms with Gasteiger partial charge in [-0.05, 0) is 36.7 Å². The Labute approximate surface area is 163 Å². The fraction of sp³-hybridized carbons (Fsp3) is 0.450. The van der Waals surface area contributed by atoms with Gasteiger partial charge in [-0.3, -0.25) is 9.78 Å². The summed E-state index contributed by atoms with van der Waals surface area (Å²) in [5.41, 5.74) is 0.816. The summed E-state index contributed by atoms with van der Waals surface area (Å²) >= 11 is 0.820. The van der Waals surface area contributed by atoms with E-state index in [2.05, 4.69) is 16.8 Å². The molecule has 0 radical (unpaired) electrons. The van der Waals surface area contributed by atoms with Crippen LogP contribution in [0.4, 0.5) is 4.79 Å². The number of thioether (sulfide) groups is 1. The first-order valence-corrected chi connectivity index (χ1v) is 9.92. The zero-order chi connectivity index (χ0) is 19.5. The molecule has 1 unspecified atom stereocenters. The highest BCUT2D eigenvalue weighted by molar-refractivity contribution is 8.13. The van der Waals surface area contributed by atoms with Crippen molar-refractivity contribution in [3.05, 3.63) is 42.2 Å². The van der Waals surface area contributed by atoms with Gasteiger partial charge in [-0.15, -0.1) is 5.92 Å². The number of pyridine rings is 1. The molecule has 0 bridgehead atoms. The van der Waals surface area contributed by atoms with Gasteiger partial charge in [0.15, 0.2) is 0 Å². The van der Waals surface area contributed by atoms with Crippen LogP contribution in [-0.4, -0.2) is 55.7 Å². The maximum atomic E-state index is 12.2. The Morgan fingerprint density at radius 3 is 3.04 bits per heavy atom. The normalized spacial score (nSPS) is 18.2. The second kappa shape index (κ2) is 11.4. The van der Waals surface area contributed by atoms with Gasteiger partial charge in [0.25, 0.3) is 0 Å². The summed E-state index contributed by atoms with van der Waals surface area (Å²) in [5.74, 6) is 6.37. The smallest absolute Gasteiger partial charge is 0.364 e. The molecule has 2 heterocycles. The maximum absolute atomic E-state index is 12.2. The molecular formula is C20H24N2O4S. The third-order valence-electron chi connectivity index (χ3n) is 4.14. The first kappa shape index (κ1) is 21.0. The Hall–Kier alpha value is -2.30. The fourth-order valence-corrected chi connectivity index (χ4v) is 3.21. The zero-order valence-corrected chi connectivity index (χ0v) is 15.9. The van der Waals surface area contributed by atoms with Crippen molar-refractivity contribution in [1.29, 1.82) is 0 Å². The summed E-state index contributed by atoms with van der Waals surface area (Å²) in [6, 6.07) is 5.51. The molecule has 1 aliphatic heterocycles. The van der Waals surface area contributed by atoms with Gasteiger partial charge >= 0.3 is 5.30 Å². The molecule has 1 aromatic heterocycles. The molecule has 144 valence electrons. The molecule has 1 amide bonds. The average Bonchev–Trinajstić information content (AvgIpc) is 2.65. The van der Waals surface area contributed by atoms with Gasteiger partial charge in [0.05, 0.1) is 18.7 Å². The van der Waals surface area contributed by atoms with E-state index in [-0.39, 0.29) is 11.9 Å². The van der Waals surface area contributed by atoms with Crippen molar-refractivity contribution >= 4 is 23.0 Å². The predicted octanol–water partition coefficient (Wildman–Crippen LogP) is 2.73. The van der Waals surface area contributed by atoms with Crippen molar-refractivity contribution in [3.63, 3.8) is 0 Å². The van der Waals surface area contributed by atoms with Crippen LogP contribution < -0.4 is 0 Å². The Balaban J connectivity index is 1.87. The molecule has 0 aliphatic carbocycles. The molecular weight excluding hydrogens is 364 g/mol. The molecule has 2 N–H and O–H groups in total. The molecule has 1 saturated heterocycles. The first-order valence-electron chi connectivity index (χ1n) is 8.93. The van der Waals surface area contributed by atoms with Crippen molar-refractivity contribution in [3.8, 4) is 11.8 Å². The molecule has 1 aliphatic rings. The molecule has 2 atom stereocenters. The lowest BCUT2D eigenvalue weighted by atomic mass is 10.00. The number of aliphatic hydroxyl groups excluding tert-OH is 1. The number of aliphatic hydroxyl groups is 1. The van der Waals surface area contributed by atoms with Crippen LogP contribution in [0.25, 0.3) is 0 Å².